The molecule has 4 nitrogen and oxygen atoms in total. The van der Waals surface area contributed by atoms with Crippen LogP contribution in [-0.2, 0) is 16.7 Å². The van der Waals surface area contributed by atoms with Crippen LogP contribution in [0, 0.1) is 0 Å². The quantitative estimate of drug-likeness (QED) is 0.796. The molecule has 1 unspecified atom stereocenters. The van der Waals surface area contributed by atoms with Gasteiger partial charge in [-0.05, 0) is 35.3 Å². The van der Waals surface area contributed by atoms with Crippen molar-refractivity contribution in [1.82, 2.24) is 4.90 Å². The lowest BCUT2D eigenvalue weighted by molar-refractivity contribution is 0.0514. The number of rotatable bonds is 1. The first-order valence-electron chi connectivity index (χ1n) is 7.91. The largest absolute Gasteiger partial charge is 0.454 e. The average molecular weight is 297 g/mol. The van der Waals surface area contributed by atoms with Crippen LogP contribution in [0.2, 0.25) is 0 Å². The first kappa shape index (κ1) is 12.7. The molecular formula is C18H19NO3. The summed E-state index contributed by atoms with van der Waals surface area (Å²) in [6.07, 6.45) is 8.99. The minimum atomic E-state index is -0.0516. The second-order valence-corrected chi connectivity index (χ2v) is 6.42. The Morgan fingerprint density at radius 1 is 1.27 bits per heavy atom. The number of nitrogens with zero attached hydrogens (tertiary/aromatic N) is 1. The highest BCUT2D eigenvalue weighted by Crippen LogP contribution is 2.52. The first-order valence-corrected chi connectivity index (χ1v) is 7.91. The summed E-state index contributed by atoms with van der Waals surface area (Å²) in [6.45, 7) is 2.43. The molecule has 1 aromatic carbocycles. The molecule has 114 valence electrons. The van der Waals surface area contributed by atoms with Gasteiger partial charge in [-0.25, -0.2) is 0 Å². The van der Waals surface area contributed by atoms with Crippen molar-refractivity contribution in [3.05, 3.63) is 47.1 Å². The van der Waals surface area contributed by atoms with E-state index in [9.17, 15) is 0 Å². The fourth-order valence-electron chi connectivity index (χ4n) is 4.45. The standard InChI is InChI=1S/C18H19NO3/c1-20-14-3-2-13-5-7-19-6-4-12-8-16-17(22-11-21-16)9-15(12)18(13,19)10-14/h2-3,5,8-9,14H,4,6-7,10-11H2,1H3/t14-,18?/m0/s1. The van der Waals surface area contributed by atoms with Crippen molar-refractivity contribution in [2.45, 2.75) is 24.5 Å². The van der Waals surface area contributed by atoms with E-state index in [0.29, 0.717) is 6.79 Å². The average Bonchev–Trinajstić information content (AvgIpc) is 3.16. The topological polar surface area (TPSA) is 30.9 Å². The number of hydrogen-bond donors (Lipinski definition) is 0. The van der Waals surface area contributed by atoms with Gasteiger partial charge in [0.1, 0.15) is 0 Å². The molecule has 1 aliphatic carbocycles. The number of fused-ring (bicyclic) bond motifs is 2. The van der Waals surface area contributed by atoms with Gasteiger partial charge in [-0.15, -0.1) is 0 Å². The lowest BCUT2D eigenvalue weighted by atomic mass is 9.71. The Labute approximate surface area is 130 Å². The van der Waals surface area contributed by atoms with Gasteiger partial charge in [-0.3, -0.25) is 4.90 Å². The second-order valence-electron chi connectivity index (χ2n) is 6.42. The van der Waals surface area contributed by atoms with Gasteiger partial charge in [0.25, 0.3) is 0 Å². The van der Waals surface area contributed by atoms with Gasteiger partial charge in [0.05, 0.1) is 11.6 Å². The molecule has 0 aromatic heterocycles. The van der Waals surface area contributed by atoms with E-state index in [1.807, 2.05) is 0 Å². The Bertz CT molecular complexity index is 709. The van der Waals surface area contributed by atoms with Crippen LogP contribution >= 0.6 is 0 Å². The molecule has 1 spiro atoms. The summed E-state index contributed by atoms with van der Waals surface area (Å²) in [7, 11) is 1.79. The van der Waals surface area contributed by atoms with Crippen LogP contribution in [0.15, 0.2) is 35.9 Å². The Kier molecular flexibility index (Phi) is 2.53. The van der Waals surface area contributed by atoms with Gasteiger partial charge >= 0.3 is 0 Å². The zero-order valence-electron chi connectivity index (χ0n) is 12.7. The Balaban J connectivity index is 1.72. The summed E-state index contributed by atoms with van der Waals surface area (Å²) in [5.74, 6) is 1.77. The molecule has 0 N–H and O–H groups in total. The van der Waals surface area contributed by atoms with Gasteiger partial charge in [0, 0.05) is 26.6 Å². The van der Waals surface area contributed by atoms with Gasteiger partial charge in [-0.1, -0.05) is 18.2 Å². The van der Waals surface area contributed by atoms with Gasteiger partial charge in [0.15, 0.2) is 11.5 Å². The van der Waals surface area contributed by atoms with Crippen LogP contribution < -0.4 is 9.47 Å². The van der Waals surface area contributed by atoms with Crippen molar-refractivity contribution in [3.8, 4) is 11.5 Å². The zero-order valence-corrected chi connectivity index (χ0v) is 12.7. The molecule has 3 heterocycles. The number of methoxy groups -OCH3 is 1. The van der Waals surface area contributed by atoms with E-state index in [1.54, 1.807) is 7.11 Å². The second kappa shape index (κ2) is 4.37. The summed E-state index contributed by atoms with van der Waals surface area (Å²) in [5.41, 5.74) is 4.11. The third-order valence-electron chi connectivity index (χ3n) is 5.53. The fraction of sp³-hybridized carbons (Fsp3) is 0.444. The Morgan fingerprint density at radius 3 is 3.00 bits per heavy atom. The monoisotopic (exact) mass is 297 g/mol. The van der Waals surface area contributed by atoms with E-state index in [0.717, 1.165) is 37.4 Å². The molecule has 0 saturated heterocycles. The van der Waals surface area contributed by atoms with Crippen molar-refractivity contribution in [2.75, 3.05) is 27.0 Å². The third-order valence-corrected chi connectivity index (χ3v) is 5.53. The summed E-state index contributed by atoms with van der Waals surface area (Å²) in [6, 6.07) is 4.38. The van der Waals surface area contributed by atoms with Crippen LogP contribution in [0.4, 0.5) is 0 Å². The van der Waals surface area contributed by atoms with Crippen LogP contribution in [0.1, 0.15) is 17.5 Å². The predicted molar refractivity (Wildman–Crippen MR) is 82.2 cm³/mol. The van der Waals surface area contributed by atoms with Crippen LogP contribution in [0.3, 0.4) is 0 Å². The van der Waals surface area contributed by atoms with Gasteiger partial charge in [-0.2, -0.15) is 0 Å². The number of hydrogen-bond acceptors (Lipinski definition) is 4. The van der Waals surface area contributed by atoms with Crippen LogP contribution in [0.5, 0.6) is 11.5 Å². The maximum atomic E-state index is 5.65. The third kappa shape index (κ3) is 1.49. The molecule has 0 fully saturated rings. The lowest BCUT2D eigenvalue weighted by Crippen LogP contribution is -2.51. The Morgan fingerprint density at radius 2 is 2.14 bits per heavy atom. The smallest absolute Gasteiger partial charge is 0.231 e. The highest BCUT2D eigenvalue weighted by atomic mass is 16.7. The maximum absolute atomic E-state index is 5.65. The molecule has 2 atom stereocenters. The molecule has 3 aliphatic heterocycles. The Hall–Kier alpha value is -1.78. The van der Waals surface area contributed by atoms with Crippen molar-refractivity contribution < 1.29 is 14.2 Å². The van der Waals surface area contributed by atoms with Gasteiger partial charge in [0.2, 0.25) is 6.79 Å². The molecule has 0 bridgehead atoms. The molecule has 5 rings (SSSR count). The highest BCUT2D eigenvalue weighted by Gasteiger charge is 2.50. The van der Waals surface area contributed by atoms with Gasteiger partial charge < -0.3 is 14.2 Å². The van der Waals surface area contributed by atoms with Crippen molar-refractivity contribution in [2.24, 2.45) is 0 Å². The fourth-order valence-corrected chi connectivity index (χ4v) is 4.45. The summed E-state index contributed by atoms with van der Waals surface area (Å²) < 4.78 is 16.9. The van der Waals surface area contributed by atoms with Crippen LogP contribution in [0.25, 0.3) is 0 Å². The summed E-state index contributed by atoms with van der Waals surface area (Å²) >= 11 is 0. The molecule has 0 amide bonds. The maximum Gasteiger partial charge on any atom is 0.231 e. The minimum absolute atomic E-state index is 0.0516. The molecule has 4 aliphatic rings. The first-order chi connectivity index (χ1) is 10.8. The van der Waals surface area contributed by atoms with E-state index in [1.165, 1.54) is 16.7 Å². The molecule has 0 saturated carbocycles. The normalized spacial score (nSPS) is 31.5. The number of ether oxygens (including phenoxy) is 3. The van der Waals surface area contributed by atoms with Crippen molar-refractivity contribution >= 4 is 0 Å². The van der Waals surface area contributed by atoms with Crippen molar-refractivity contribution in [1.29, 1.82) is 0 Å². The molecule has 1 aromatic rings. The molecule has 0 radical (unpaired) electrons. The molecular weight excluding hydrogens is 278 g/mol. The molecule has 22 heavy (non-hydrogen) atoms. The molecule has 4 heteroatoms. The predicted octanol–water partition coefficient (Wildman–Crippen LogP) is 2.38. The SMILES string of the molecule is CO[C@H]1C=CC2=CCN3CCc4cc5c(cc4C23C1)OCO5. The summed E-state index contributed by atoms with van der Waals surface area (Å²) in [4.78, 5) is 2.59. The van der Waals surface area contributed by atoms with E-state index < -0.39 is 0 Å². The number of benzene rings is 1. The van der Waals surface area contributed by atoms with E-state index in [4.69, 9.17) is 14.2 Å². The lowest BCUT2D eigenvalue weighted by Gasteiger charge is -2.48. The van der Waals surface area contributed by atoms with E-state index in [-0.39, 0.29) is 11.6 Å². The van der Waals surface area contributed by atoms with Crippen molar-refractivity contribution in [3.63, 3.8) is 0 Å². The highest BCUT2D eigenvalue weighted by molar-refractivity contribution is 5.58. The van der Waals surface area contributed by atoms with E-state index >= 15 is 0 Å². The zero-order chi connectivity index (χ0) is 14.7. The minimum Gasteiger partial charge on any atom is -0.454 e. The summed E-state index contributed by atoms with van der Waals surface area (Å²) in [5, 5.41) is 0. The van der Waals surface area contributed by atoms with Crippen LogP contribution in [-0.4, -0.2) is 38.0 Å². The van der Waals surface area contributed by atoms with E-state index in [2.05, 4.69) is 35.3 Å².